The summed E-state index contributed by atoms with van der Waals surface area (Å²) in [6.45, 7) is 1.44. The molecule has 1 fully saturated rings. The van der Waals surface area contributed by atoms with Crippen molar-refractivity contribution in [1.29, 1.82) is 0 Å². The number of likely N-dealkylation sites (tertiary alicyclic amines) is 1. The van der Waals surface area contributed by atoms with Gasteiger partial charge in [0.15, 0.2) is 11.5 Å². The number of amides is 1. The first-order chi connectivity index (χ1) is 15.9. The van der Waals surface area contributed by atoms with Crippen molar-refractivity contribution in [2.75, 3.05) is 41.0 Å². The Kier molecular flexibility index (Phi) is 8.57. The van der Waals surface area contributed by atoms with Gasteiger partial charge in [0.05, 0.1) is 26.2 Å². The molecule has 9 heteroatoms. The topological polar surface area (TPSA) is 94.2 Å². The number of benzene rings is 2. The molecule has 0 atom stereocenters. The summed E-state index contributed by atoms with van der Waals surface area (Å²) in [7, 11) is 0.827. The van der Waals surface area contributed by atoms with E-state index in [0.29, 0.717) is 30.5 Å². The number of rotatable bonds is 10. The van der Waals surface area contributed by atoms with Gasteiger partial charge in [-0.15, -0.1) is 0 Å². The quantitative estimate of drug-likeness (QED) is 0.567. The van der Waals surface area contributed by atoms with E-state index in [0.717, 1.165) is 25.0 Å². The van der Waals surface area contributed by atoms with Gasteiger partial charge in [-0.2, -0.15) is 0 Å². The normalized spacial score (nSPS) is 14.7. The number of carbonyl (C=O) groups is 1. The standard InChI is InChI=1S/C24H32N2O6S/c1-30-20-6-4-18(5-7-20)16-19-11-14-26(15-12-19)24(27)10-13-25-33(28,29)21-8-9-22(31-2)23(17-21)32-3/h4-9,17,19,25H,10-16H2,1-3H3. The second-order valence-electron chi connectivity index (χ2n) is 8.04. The van der Waals surface area contributed by atoms with Crippen LogP contribution in [0.25, 0.3) is 0 Å². The number of nitrogens with zero attached hydrogens (tertiary/aromatic N) is 1. The van der Waals surface area contributed by atoms with E-state index in [1.54, 1.807) is 7.11 Å². The first-order valence-electron chi connectivity index (χ1n) is 11.0. The minimum Gasteiger partial charge on any atom is -0.497 e. The summed E-state index contributed by atoms with van der Waals surface area (Å²) in [6, 6.07) is 12.5. The Morgan fingerprint density at radius 3 is 2.24 bits per heavy atom. The Morgan fingerprint density at radius 1 is 0.970 bits per heavy atom. The lowest BCUT2D eigenvalue weighted by Gasteiger charge is -2.32. The molecule has 3 rings (SSSR count). The molecule has 33 heavy (non-hydrogen) atoms. The third-order valence-electron chi connectivity index (χ3n) is 5.95. The highest BCUT2D eigenvalue weighted by molar-refractivity contribution is 7.89. The number of hydrogen-bond acceptors (Lipinski definition) is 6. The summed E-state index contributed by atoms with van der Waals surface area (Å²) in [6.07, 6.45) is 2.98. The molecule has 0 spiro atoms. The largest absolute Gasteiger partial charge is 0.497 e. The number of nitrogens with one attached hydrogen (secondary N) is 1. The third-order valence-corrected chi connectivity index (χ3v) is 7.41. The van der Waals surface area contributed by atoms with E-state index in [4.69, 9.17) is 14.2 Å². The van der Waals surface area contributed by atoms with Crippen LogP contribution in [0.1, 0.15) is 24.8 Å². The van der Waals surface area contributed by atoms with Crippen molar-refractivity contribution in [3.05, 3.63) is 48.0 Å². The number of carbonyl (C=O) groups excluding carboxylic acids is 1. The van der Waals surface area contributed by atoms with E-state index in [1.165, 1.54) is 38.0 Å². The van der Waals surface area contributed by atoms with Gasteiger partial charge in [-0.25, -0.2) is 13.1 Å². The van der Waals surface area contributed by atoms with Crippen molar-refractivity contribution in [1.82, 2.24) is 9.62 Å². The molecule has 1 aliphatic rings. The maximum Gasteiger partial charge on any atom is 0.240 e. The second-order valence-corrected chi connectivity index (χ2v) is 9.81. The predicted molar refractivity (Wildman–Crippen MR) is 125 cm³/mol. The molecular formula is C24H32N2O6S. The molecule has 0 bridgehead atoms. The molecule has 0 radical (unpaired) electrons. The van der Waals surface area contributed by atoms with Crippen LogP contribution in [0.2, 0.25) is 0 Å². The van der Waals surface area contributed by atoms with Crippen molar-refractivity contribution in [2.24, 2.45) is 5.92 Å². The zero-order chi connectivity index (χ0) is 23.8. The van der Waals surface area contributed by atoms with E-state index in [1.807, 2.05) is 17.0 Å². The number of ether oxygens (including phenoxy) is 3. The van der Waals surface area contributed by atoms with E-state index in [-0.39, 0.29) is 23.8 Å². The van der Waals surface area contributed by atoms with Crippen LogP contribution in [0.15, 0.2) is 47.4 Å². The van der Waals surface area contributed by atoms with Crippen molar-refractivity contribution < 1.29 is 27.4 Å². The van der Waals surface area contributed by atoms with Gasteiger partial charge in [-0.3, -0.25) is 4.79 Å². The molecule has 1 aliphatic heterocycles. The molecule has 0 aromatic heterocycles. The van der Waals surface area contributed by atoms with Gasteiger partial charge < -0.3 is 19.1 Å². The Hall–Kier alpha value is -2.78. The Bertz CT molecular complexity index is 1030. The molecule has 1 N–H and O–H groups in total. The molecule has 2 aromatic rings. The SMILES string of the molecule is COc1ccc(CC2CCN(C(=O)CCNS(=O)(=O)c3ccc(OC)c(OC)c3)CC2)cc1. The van der Waals surface area contributed by atoms with Crippen LogP contribution in [0.4, 0.5) is 0 Å². The number of methoxy groups -OCH3 is 3. The summed E-state index contributed by atoms with van der Waals surface area (Å²) in [4.78, 5) is 14.5. The van der Waals surface area contributed by atoms with Crippen LogP contribution < -0.4 is 18.9 Å². The third kappa shape index (κ3) is 6.61. The second kappa shape index (κ2) is 11.4. The summed E-state index contributed by atoms with van der Waals surface area (Å²) in [5, 5.41) is 0. The van der Waals surface area contributed by atoms with E-state index in [9.17, 15) is 13.2 Å². The fraction of sp³-hybridized carbons (Fsp3) is 0.458. The average molecular weight is 477 g/mol. The highest BCUT2D eigenvalue weighted by Crippen LogP contribution is 2.29. The smallest absolute Gasteiger partial charge is 0.240 e. The minimum atomic E-state index is -3.76. The van der Waals surface area contributed by atoms with Gasteiger partial charge in [0, 0.05) is 32.1 Å². The average Bonchev–Trinajstić information content (AvgIpc) is 2.84. The van der Waals surface area contributed by atoms with E-state index in [2.05, 4.69) is 16.9 Å². The van der Waals surface area contributed by atoms with Gasteiger partial charge in [0.1, 0.15) is 5.75 Å². The molecule has 8 nitrogen and oxygen atoms in total. The van der Waals surface area contributed by atoms with Gasteiger partial charge in [0.25, 0.3) is 0 Å². The van der Waals surface area contributed by atoms with E-state index < -0.39 is 10.0 Å². The van der Waals surface area contributed by atoms with Gasteiger partial charge >= 0.3 is 0 Å². The Morgan fingerprint density at radius 2 is 1.64 bits per heavy atom. The first-order valence-corrected chi connectivity index (χ1v) is 12.5. The first kappa shape index (κ1) is 24.9. The summed E-state index contributed by atoms with van der Waals surface area (Å²) < 4.78 is 43.2. The maximum absolute atomic E-state index is 12.6. The Balaban J connectivity index is 1.44. The molecule has 1 amide bonds. The fourth-order valence-electron chi connectivity index (χ4n) is 4.00. The zero-order valence-corrected chi connectivity index (χ0v) is 20.2. The highest BCUT2D eigenvalue weighted by Gasteiger charge is 2.23. The van der Waals surface area contributed by atoms with Crippen molar-refractivity contribution in [3.63, 3.8) is 0 Å². The molecular weight excluding hydrogens is 444 g/mol. The molecule has 0 unspecified atom stereocenters. The van der Waals surface area contributed by atoms with Gasteiger partial charge in [-0.05, 0) is 55.0 Å². The Labute approximate surface area is 195 Å². The predicted octanol–water partition coefficient (Wildman–Crippen LogP) is 2.86. The lowest BCUT2D eigenvalue weighted by atomic mass is 9.90. The van der Waals surface area contributed by atoms with Crippen LogP contribution >= 0.6 is 0 Å². The lowest BCUT2D eigenvalue weighted by Crippen LogP contribution is -2.40. The van der Waals surface area contributed by atoms with E-state index >= 15 is 0 Å². The van der Waals surface area contributed by atoms with Gasteiger partial charge in [-0.1, -0.05) is 12.1 Å². The number of hydrogen-bond donors (Lipinski definition) is 1. The molecule has 1 saturated heterocycles. The summed E-state index contributed by atoms with van der Waals surface area (Å²) in [5.74, 6) is 2.12. The zero-order valence-electron chi connectivity index (χ0n) is 19.4. The van der Waals surface area contributed by atoms with Crippen LogP contribution in [0, 0.1) is 5.92 Å². The monoisotopic (exact) mass is 476 g/mol. The molecule has 0 saturated carbocycles. The highest BCUT2D eigenvalue weighted by atomic mass is 32.2. The molecule has 1 heterocycles. The summed E-state index contributed by atoms with van der Waals surface area (Å²) in [5.41, 5.74) is 1.27. The van der Waals surface area contributed by atoms with Crippen LogP contribution in [0.5, 0.6) is 17.2 Å². The molecule has 180 valence electrons. The number of sulfonamides is 1. The van der Waals surface area contributed by atoms with Crippen LogP contribution in [-0.4, -0.2) is 60.2 Å². The van der Waals surface area contributed by atoms with Crippen LogP contribution in [0.3, 0.4) is 0 Å². The fourth-order valence-corrected chi connectivity index (χ4v) is 5.05. The molecule has 0 aliphatic carbocycles. The minimum absolute atomic E-state index is 0.0343. The number of piperidine rings is 1. The van der Waals surface area contributed by atoms with Crippen LogP contribution in [-0.2, 0) is 21.2 Å². The molecule has 2 aromatic carbocycles. The lowest BCUT2D eigenvalue weighted by molar-refractivity contribution is -0.132. The van der Waals surface area contributed by atoms with Gasteiger partial charge in [0.2, 0.25) is 15.9 Å². The van der Waals surface area contributed by atoms with Crippen molar-refractivity contribution >= 4 is 15.9 Å². The summed E-state index contributed by atoms with van der Waals surface area (Å²) >= 11 is 0. The van der Waals surface area contributed by atoms with Crippen molar-refractivity contribution in [3.8, 4) is 17.2 Å². The maximum atomic E-state index is 12.6. The van der Waals surface area contributed by atoms with Crippen molar-refractivity contribution in [2.45, 2.75) is 30.6 Å².